The molecule has 0 spiro atoms. The first-order valence-corrected chi connectivity index (χ1v) is 43.2. The first-order valence-electron chi connectivity index (χ1n) is 40.2. The number of ether oxygens (including phenoxy) is 4. The third kappa shape index (κ3) is 69.2. The predicted molar refractivity (Wildman–Crippen MR) is 391 cm³/mol. The fourth-order valence-electron chi connectivity index (χ4n) is 11.8. The maximum atomic E-state index is 13.1. The van der Waals surface area contributed by atoms with Crippen LogP contribution in [0, 0.1) is 5.92 Å². The van der Waals surface area contributed by atoms with E-state index in [4.69, 9.17) is 37.0 Å². The molecule has 570 valence electrons. The molecule has 96 heavy (non-hydrogen) atoms. The van der Waals surface area contributed by atoms with Crippen molar-refractivity contribution in [3.63, 3.8) is 0 Å². The Bertz CT molecular complexity index is 1840. The summed E-state index contributed by atoms with van der Waals surface area (Å²) in [5.74, 6) is -1.32. The summed E-state index contributed by atoms with van der Waals surface area (Å²) in [6.07, 6.45) is 60.1. The number of unbranched alkanes of at least 4 members (excludes halogenated alkanes) is 48. The van der Waals surface area contributed by atoms with E-state index in [-0.39, 0.29) is 25.7 Å². The normalized spacial score (nSPS) is 14.2. The van der Waals surface area contributed by atoms with Crippen LogP contribution in [0.2, 0.25) is 0 Å². The average Bonchev–Trinajstić information content (AvgIpc) is 1.81. The zero-order valence-corrected chi connectivity index (χ0v) is 64.3. The Morgan fingerprint density at radius 3 is 0.740 bits per heavy atom. The minimum atomic E-state index is -4.96. The zero-order chi connectivity index (χ0) is 70.5. The van der Waals surface area contributed by atoms with E-state index in [9.17, 15) is 43.2 Å². The number of esters is 4. The summed E-state index contributed by atoms with van der Waals surface area (Å²) in [5, 5.41) is 10.6. The Morgan fingerprint density at radius 1 is 0.292 bits per heavy atom. The highest BCUT2D eigenvalue weighted by molar-refractivity contribution is 7.47. The van der Waals surface area contributed by atoms with Crippen molar-refractivity contribution in [2.75, 3.05) is 39.6 Å². The van der Waals surface area contributed by atoms with Crippen molar-refractivity contribution in [2.45, 2.75) is 425 Å². The van der Waals surface area contributed by atoms with Gasteiger partial charge in [0.1, 0.15) is 19.3 Å². The van der Waals surface area contributed by atoms with Crippen molar-refractivity contribution in [1.82, 2.24) is 0 Å². The SMILES string of the molecule is CCCCCCCCCCCCCCCCCCCCCCC(=O)O[C@H](COC(=O)CCCCCCCCCCCCCCCCCCC)COP(=O)(O)OC[C@@H](O)COP(=O)(O)OC[C@@H](COC(=O)CCCCCCC)OC(=O)CCCCCCCCCCCCC(C)CC. The third-order valence-electron chi connectivity index (χ3n) is 18.4. The molecular formula is C77H150O17P2. The number of carbonyl (C=O) groups is 4. The highest BCUT2D eigenvalue weighted by atomic mass is 31.2. The van der Waals surface area contributed by atoms with Gasteiger partial charge in [0.2, 0.25) is 0 Å². The predicted octanol–water partition coefficient (Wildman–Crippen LogP) is 22.9. The fourth-order valence-corrected chi connectivity index (χ4v) is 13.4. The summed E-state index contributed by atoms with van der Waals surface area (Å²) in [6, 6.07) is 0. The van der Waals surface area contributed by atoms with E-state index in [1.807, 2.05) is 0 Å². The van der Waals surface area contributed by atoms with E-state index in [2.05, 4.69) is 34.6 Å². The van der Waals surface area contributed by atoms with Crippen molar-refractivity contribution in [3.8, 4) is 0 Å². The van der Waals surface area contributed by atoms with Gasteiger partial charge in [0.25, 0.3) is 0 Å². The van der Waals surface area contributed by atoms with Gasteiger partial charge < -0.3 is 33.8 Å². The number of hydrogen-bond acceptors (Lipinski definition) is 15. The number of phosphoric acid groups is 2. The van der Waals surface area contributed by atoms with Crippen LogP contribution in [0.5, 0.6) is 0 Å². The van der Waals surface area contributed by atoms with E-state index in [1.54, 1.807) is 0 Å². The van der Waals surface area contributed by atoms with Gasteiger partial charge in [-0.15, -0.1) is 0 Å². The summed E-state index contributed by atoms with van der Waals surface area (Å²) < 4.78 is 68.3. The molecule has 0 radical (unpaired) electrons. The second kappa shape index (κ2) is 70.1. The van der Waals surface area contributed by atoms with Gasteiger partial charge in [-0.2, -0.15) is 0 Å². The molecule has 17 nitrogen and oxygen atoms in total. The molecule has 0 aromatic heterocycles. The highest BCUT2D eigenvalue weighted by Gasteiger charge is 2.30. The molecule has 19 heteroatoms. The molecule has 0 amide bonds. The van der Waals surface area contributed by atoms with E-state index < -0.39 is 97.5 Å². The number of hydrogen-bond donors (Lipinski definition) is 3. The highest BCUT2D eigenvalue weighted by Crippen LogP contribution is 2.45. The topological polar surface area (TPSA) is 237 Å². The second-order valence-electron chi connectivity index (χ2n) is 28.0. The van der Waals surface area contributed by atoms with E-state index in [0.29, 0.717) is 25.7 Å². The van der Waals surface area contributed by atoms with Gasteiger partial charge in [0.05, 0.1) is 26.4 Å². The molecule has 0 heterocycles. The van der Waals surface area contributed by atoms with Crippen molar-refractivity contribution >= 4 is 39.5 Å². The van der Waals surface area contributed by atoms with Crippen LogP contribution in [0.4, 0.5) is 0 Å². The number of phosphoric ester groups is 2. The Morgan fingerprint density at radius 2 is 0.500 bits per heavy atom. The second-order valence-corrected chi connectivity index (χ2v) is 30.9. The first kappa shape index (κ1) is 94.1. The standard InChI is InChI=1S/C77H150O17P2/c1-6-10-13-16-18-20-22-24-26-28-29-30-32-34-36-38-43-47-52-57-62-77(82)94-73(67-88-75(80)61-56-51-46-42-37-35-33-31-27-25-23-21-19-17-14-11-7-2)69-92-96(85,86)90-65-71(78)64-89-95(83,84)91-68-72(66-87-74(79)60-55-49-15-12-8-3)93-76(81)63-58-53-48-44-40-39-41-45-50-54-59-70(5)9-4/h70-73,78H,6-69H2,1-5H3,(H,83,84)(H,85,86)/t70?,71-,72+,73+/m0/s1. The van der Waals surface area contributed by atoms with Gasteiger partial charge in [-0.25, -0.2) is 9.13 Å². The van der Waals surface area contributed by atoms with Crippen molar-refractivity contribution in [1.29, 1.82) is 0 Å². The maximum absolute atomic E-state index is 13.1. The lowest BCUT2D eigenvalue weighted by Crippen LogP contribution is -2.30. The Labute approximate surface area is 588 Å². The van der Waals surface area contributed by atoms with Crippen molar-refractivity contribution in [2.24, 2.45) is 5.92 Å². The first-order chi connectivity index (χ1) is 46.6. The number of aliphatic hydroxyl groups is 1. The Kier molecular flexibility index (Phi) is 68.7. The van der Waals surface area contributed by atoms with Crippen LogP contribution in [-0.2, 0) is 65.4 Å². The number of aliphatic hydroxyl groups excluding tert-OH is 1. The molecule has 0 rings (SSSR count). The third-order valence-corrected chi connectivity index (χ3v) is 20.3. The van der Waals surface area contributed by atoms with Gasteiger partial charge in [-0.1, -0.05) is 356 Å². The summed E-state index contributed by atoms with van der Waals surface area (Å²) in [6.45, 7) is 7.23. The Hall–Kier alpha value is -1.94. The molecule has 0 saturated carbocycles. The van der Waals surface area contributed by atoms with E-state index >= 15 is 0 Å². The molecule has 0 fully saturated rings. The molecule has 3 unspecified atom stereocenters. The summed E-state index contributed by atoms with van der Waals surface area (Å²) >= 11 is 0. The number of carbonyl (C=O) groups excluding carboxylic acids is 4. The van der Waals surface area contributed by atoms with Crippen LogP contribution in [0.25, 0.3) is 0 Å². The van der Waals surface area contributed by atoms with Gasteiger partial charge >= 0.3 is 39.5 Å². The molecule has 3 N–H and O–H groups in total. The Balaban J connectivity index is 5.13. The smallest absolute Gasteiger partial charge is 0.462 e. The molecule has 0 aliphatic heterocycles. The van der Waals surface area contributed by atoms with Crippen LogP contribution >= 0.6 is 15.6 Å². The monoisotopic (exact) mass is 1410 g/mol. The van der Waals surface area contributed by atoms with Gasteiger partial charge in [0, 0.05) is 25.7 Å². The maximum Gasteiger partial charge on any atom is 0.472 e. The molecular weight excluding hydrogens is 1260 g/mol. The van der Waals surface area contributed by atoms with Crippen LogP contribution in [0.1, 0.15) is 407 Å². The van der Waals surface area contributed by atoms with E-state index in [0.717, 1.165) is 102 Å². The molecule has 6 atom stereocenters. The van der Waals surface area contributed by atoms with Crippen molar-refractivity contribution in [3.05, 3.63) is 0 Å². The lowest BCUT2D eigenvalue weighted by molar-refractivity contribution is -0.161. The van der Waals surface area contributed by atoms with Crippen LogP contribution in [0.15, 0.2) is 0 Å². The summed E-state index contributed by atoms with van der Waals surface area (Å²) in [4.78, 5) is 72.6. The van der Waals surface area contributed by atoms with Crippen LogP contribution in [0.3, 0.4) is 0 Å². The molecule has 0 bridgehead atoms. The largest absolute Gasteiger partial charge is 0.472 e. The van der Waals surface area contributed by atoms with Crippen molar-refractivity contribution < 1.29 is 80.2 Å². The molecule has 0 aromatic rings. The van der Waals surface area contributed by atoms with E-state index in [1.165, 1.54) is 225 Å². The van der Waals surface area contributed by atoms with Crippen LogP contribution in [-0.4, -0.2) is 96.7 Å². The number of rotatable bonds is 77. The molecule has 0 aliphatic carbocycles. The van der Waals surface area contributed by atoms with Gasteiger partial charge in [-0.05, 0) is 31.6 Å². The van der Waals surface area contributed by atoms with Gasteiger partial charge in [-0.3, -0.25) is 37.3 Å². The summed E-state index contributed by atoms with van der Waals surface area (Å²) in [7, 11) is -9.90. The average molecular weight is 1410 g/mol. The quantitative estimate of drug-likeness (QED) is 0.0222. The van der Waals surface area contributed by atoms with Gasteiger partial charge in [0.15, 0.2) is 12.2 Å². The van der Waals surface area contributed by atoms with Crippen LogP contribution < -0.4 is 0 Å². The lowest BCUT2D eigenvalue weighted by atomic mass is 9.99. The minimum Gasteiger partial charge on any atom is -0.462 e. The minimum absolute atomic E-state index is 0.106. The fraction of sp³-hybridized carbons (Fsp3) is 0.948. The molecule has 0 aromatic carbocycles. The molecule has 0 saturated heterocycles. The zero-order valence-electron chi connectivity index (χ0n) is 62.5. The molecule has 0 aliphatic rings. The summed E-state index contributed by atoms with van der Waals surface area (Å²) in [5.41, 5.74) is 0. The lowest BCUT2D eigenvalue weighted by Gasteiger charge is -2.21.